The second-order valence-electron chi connectivity index (χ2n) is 6.76. The highest BCUT2D eigenvalue weighted by Gasteiger charge is 2.28. The number of carbonyl (C=O) groups excluding carboxylic acids is 1. The molecule has 154 valence electrons. The fourth-order valence-electron chi connectivity index (χ4n) is 2.70. The number of aliphatic hydroxyl groups is 1. The number of esters is 1. The topological polar surface area (TPSA) is 46.5 Å². The van der Waals surface area contributed by atoms with Crippen LogP contribution in [0.4, 0.5) is 0 Å². The van der Waals surface area contributed by atoms with Gasteiger partial charge >= 0.3 is 5.97 Å². The van der Waals surface area contributed by atoms with E-state index in [9.17, 15) is 9.90 Å². The molecule has 0 aromatic rings. The minimum absolute atomic E-state index is 0.330. The molecule has 0 bridgehead atoms. The van der Waals surface area contributed by atoms with E-state index in [1.54, 1.807) is 6.08 Å². The molecule has 1 N–H and O–H groups in total. The molecule has 0 aromatic heterocycles. The Balaban J connectivity index is 3.84. The van der Waals surface area contributed by atoms with Crippen molar-refractivity contribution in [1.82, 2.24) is 0 Å². The Hall–Kier alpha value is 0.0400. The molecule has 6 heteroatoms. The zero-order valence-corrected chi connectivity index (χ0v) is 18.5. The summed E-state index contributed by atoms with van der Waals surface area (Å²) in [5, 5.41) is 10.1. The molecule has 0 amide bonds. The summed E-state index contributed by atoms with van der Waals surface area (Å²) in [6.45, 7) is 4.08. The third kappa shape index (κ3) is 16.2. The van der Waals surface area contributed by atoms with Gasteiger partial charge in [0, 0.05) is 0 Å². The van der Waals surface area contributed by atoms with E-state index in [1.807, 2.05) is 13.0 Å². The lowest BCUT2D eigenvalue weighted by Crippen LogP contribution is -2.30. The Morgan fingerprint density at radius 3 is 2.04 bits per heavy atom. The highest BCUT2D eigenvalue weighted by atomic mass is 35.6. The van der Waals surface area contributed by atoms with Crippen LogP contribution < -0.4 is 0 Å². The third-order valence-electron chi connectivity index (χ3n) is 4.22. The number of halogens is 3. The predicted molar refractivity (Wildman–Crippen MR) is 112 cm³/mol. The fraction of sp³-hybridized carbons (Fsp3) is 0.850. The quantitative estimate of drug-likeness (QED) is 0.133. The van der Waals surface area contributed by atoms with E-state index < -0.39 is 22.0 Å². The Morgan fingerprint density at radius 1 is 1.00 bits per heavy atom. The molecular formula is C20H35Cl3O3. The average molecular weight is 430 g/mol. The van der Waals surface area contributed by atoms with Gasteiger partial charge in [0.15, 0.2) is 0 Å². The normalized spacial score (nSPS) is 14.5. The van der Waals surface area contributed by atoms with Crippen molar-refractivity contribution in [2.24, 2.45) is 0 Å². The lowest BCUT2D eigenvalue weighted by atomic mass is 10.1. The molecule has 0 aliphatic carbocycles. The van der Waals surface area contributed by atoms with E-state index in [0.717, 1.165) is 12.8 Å². The van der Waals surface area contributed by atoms with Gasteiger partial charge in [0.25, 0.3) is 0 Å². The van der Waals surface area contributed by atoms with Gasteiger partial charge < -0.3 is 9.84 Å². The molecule has 0 saturated carbocycles. The van der Waals surface area contributed by atoms with Gasteiger partial charge in [0.05, 0.1) is 6.42 Å². The monoisotopic (exact) mass is 428 g/mol. The molecule has 0 heterocycles. The van der Waals surface area contributed by atoms with Crippen LogP contribution in [0, 0.1) is 0 Å². The molecule has 0 saturated heterocycles. The smallest absolute Gasteiger partial charge is 0.310 e. The molecule has 0 fully saturated rings. The van der Waals surface area contributed by atoms with E-state index in [-0.39, 0.29) is 6.42 Å². The second kappa shape index (κ2) is 16.0. The standard InChI is InChI=1S/C20H35Cl3O3/c1-3-5-6-7-8-9-10-11-12-13-14-15-17(24)18(4-2)26-19(25)16-20(21,22)23/h14-15,17-18,24H,3-13,16H2,1-2H3/b15-14+. The molecule has 3 nitrogen and oxygen atoms in total. The van der Waals surface area contributed by atoms with Gasteiger partial charge in [0.2, 0.25) is 3.79 Å². The highest BCUT2D eigenvalue weighted by Crippen LogP contribution is 2.30. The van der Waals surface area contributed by atoms with Crippen molar-refractivity contribution in [2.45, 2.75) is 107 Å². The Morgan fingerprint density at radius 2 is 1.54 bits per heavy atom. The Kier molecular flexibility index (Phi) is 16.1. The number of unbranched alkanes of at least 4 members (excludes halogenated alkanes) is 9. The number of carbonyl (C=O) groups is 1. The molecule has 2 atom stereocenters. The maximum atomic E-state index is 11.7. The SMILES string of the molecule is CCCCCCCCCCC/C=C/C(O)C(CC)OC(=O)CC(Cl)(Cl)Cl. The summed E-state index contributed by atoms with van der Waals surface area (Å²) < 4.78 is 3.52. The number of hydrogen-bond acceptors (Lipinski definition) is 3. The van der Waals surface area contributed by atoms with Gasteiger partial charge in [-0.15, -0.1) is 0 Å². The summed E-state index contributed by atoms with van der Waals surface area (Å²) in [6, 6.07) is 0. The van der Waals surface area contributed by atoms with Crippen molar-refractivity contribution in [1.29, 1.82) is 0 Å². The summed E-state index contributed by atoms with van der Waals surface area (Å²) in [6.07, 6.45) is 14.9. The zero-order valence-electron chi connectivity index (χ0n) is 16.2. The average Bonchev–Trinajstić information content (AvgIpc) is 2.55. The van der Waals surface area contributed by atoms with Crippen LogP contribution in [0.5, 0.6) is 0 Å². The summed E-state index contributed by atoms with van der Waals surface area (Å²) in [5.74, 6) is -0.622. The predicted octanol–water partition coefficient (Wildman–Crippen LogP) is 6.91. The van der Waals surface area contributed by atoms with Crippen LogP contribution in [0.2, 0.25) is 0 Å². The number of alkyl halides is 3. The van der Waals surface area contributed by atoms with Crippen LogP contribution in [0.15, 0.2) is 12.2 Å². The van der Waals surface area contributed by atoms with Crippen molar-refractivity contribution in [3.63, 3.8) is 0 Å². The number of ether oxygens (including phenoxy) is 1. The summed E-state index contributed by atoms with van der Waals surface area (Å²) in [4.78, 5) is 11.7. The van der Waals surface area contributed by atoms with Crippen molar-refractivity contribution in [3.8, 4) is 0 Å². The summed E-state index contributed by atoms with van der Waals surface area (Å²) >= 11 is 16.7. The van der Waals surface area contributed by atoms with Gasteiger partial charge in [-0.25, -0.2) is 0 Å². The largest absolute Gasteiger partial charge is 0.459 e. The van der Waals surface area contributed by atoms with Crippen LogP contribution in [-0.4, -0.2) is 27.1 Å². The van der Waals surface area contributed by atoms with Gasteiger partial charge in [-0.3, -0.25) is 4.79 Å². The van der Waals surface area contributed by atoms with Crippen LogP contribution in [0.3, 0.4) is 0 Å². The number of aliphatic hydroxyl groups excluding tert-OH is 1. The molecule has 0 radical (unpaired) electrons. The molecule has 2 unspecified atom stereocenters. The highest BCUT2D eigenvalue weighted by molar-refractivity contribution is 6.68. The van der Waals surface area contributed by atoms with Crippen molar-refractivity contribution in [3.05, 3.63) is 12.2 Å². The molecule has 0 aliphatic heterocycles. The van der Waals surface area contributed by atoms with Crippen molar-refractivity contribution in [2.75, 3.05) is 0 Å². The first-order valence-electron chi connectivity index (χ1n) is 9.91. The minimum atomic E-state index is -1.67. The zero-order chi connectivity index (χ0) is 19.8. The van der Waals surface area contributed by atoms with Crippen LogP contribution in [-0.2, 0) is 9.53 Å². The Labute approximate surface area is 174 Å². The fourth-order valence-corrected chi connectivity index (χ4v) is 3.03. The maximum Gasteiger partial charge on any atom is 0.310 e. The minimum Gasteiger partial charge on any atom is -0.459 e. The first-order chi connectivity index (χ1) is 12.3. The molecular weight excluding hydrogens is 395 g/mol. The second-order valence-corrected chi connectivity index (χ2v) is 9.28. The Bertz CT molecular complexity index is 381. The number of rotatable bonds is 15. The molecule has 26 heavy (non-hydrogen) atoms. The third-order valence-corrected chi connectivity index (χ3v) is 4.62. The van der Waals surface area contributed by atoms with Crippen LogP contribution >= 0.6 is 34.8 Å². The summed E-state index contributed by atoms with van der Waals surface area (Å²) in [7, 11) is 0. The number of hydrogen-bond donors (Lipinski definition) is 1. The van der Waals surface area contributed by atoms with E-state index in [0.29, 0.717) is 6.42 Å². The lowest BCUT2D eigenvalue weighted by Gasteiger charge is -2.20. The van der Waals surface area contributed by atoms with Crippen LogP contribution in [0.25, 0.3) is 0 Å². The van der Waals surface area contributed by atoms with E-state index in [1.165, 1.54) is 51.4 Å². The van der Waals surface area contributed by atoms with E-state index in [2.05, 4.69) is 6.92 Å². The maximum absolute atomic E-state index is 11.7. The molecule has 0 aliphatic rings. The summed E-state index contributed by atoms with van der Waals surface area (Å²) in [5.41, 5.74) is 0. The van der Waals surface area contributed by atoms with Gasteiger partial charge in [-0.1, -0.05) is 112 Å². The lowest BCUT2D eigenvalue weighted by molar-refractivity contribution is -0.153. The molecule has 0 spiro atoms. The van der Waals surface area contributed by atoms with Crippen molar-refractivity contribution < 1.29 is 14.6 Å². The molecule has 0 aromatic carbocycles. The van der Waals surface area contributed by atoms with E-state index in [4.69, 9.17) is 39.5 Å². The molecule has 0 rings (SSSR count). The van der Waals surface area contributed by atoms with E-state index >= 15 is 0 Å². The first kappa shape index (κ1) is 26.0. The van der Waals surface area contributed by atoms with Crippen LogP contribution in [0.1, 0.15) is 90.9 Å². The number of allylic oxidation sites excluding steroid dienone is 1. The first-order valence-corrected chi connectivity index (χ1v) is 11.0. The van der Waals surface area contributed by atoms with Crippen molar-refractivity contribution >= 4 is 40.8 Å². The van der Waals surface area contributed by atoms with Gasteiger partial charge in [-0.2, -0.15) is 0 Å². The van der Waals surface area contributed by atoms with Gasteiger partial charge in [-0.05, 0) is 19.3 Å². The van der Waals surface area contributed by atoms with Gasteiger partial charge in [0.1, 0.15) is 12.2 Å².